The van der Waals surface area contributed by atoms with E-state index in [9.17, 15) is 14.7 Å². The van der Waals surface area contributed by atoms with Crippen LogP contribution in [0.4, 0.5) is 0 Å². The number of aliphatic hydroxyl groups is 1. The van der Waals surface area contributed by atoms with E-state index >= 15 is 0 Å². The maximum absolute atomic E-state index is 11.6. The Balaban J connectivity index is 2.43. The second-order valence-electron chi connectivity index (χ2n) is 4.76. The summed E-state index contributed by atoms with van der Waals surface area (Å²) < 4.78 is 0. The Morgan fingerprint density at radius 3 is 2.62 bits per heavy atom. The molecule has 1 amide bonds. The van der Waals surface area contributed by atoms with Gasteiger partial charge in [0.15, 0.2) is 0 Å². The molecule has 1 rings (SSSR count). The lowest BCUT2D eigenvalue weighted by Gasteiger charge is -2.20. The van der Waals surface area contributed by atoms with Crippen LogP contribution in [0.2, 0.25) is 0 Å². The van der Waals surface area contributed by atoms with Gasteiger partial charge in [-0.2, -0.15) is 0 Å². The number of nitrogens with zero attached hydrogens (tertiary/aromatic N) is 1. The van der Waals surface area contributed by atoms with Crippen molar-refractivity contribution < 1.29 is 19.8 Å². The van der Waals surface area contributed by atoms with Crippen LogP contribution in [-0.4, -0.2) is 46.2 Å². The first kappa shape index (κ1) is 13.0. The first-order chi connectivity index (χ1) is 7.40. The molecule has 0 spiro atoms. The third-order valence-corrected chi connectivity index (χ3v) is 3.03. The van der Waals surface area contributed by atoms with Crippen molar-refractivity contribution in [3.8, 4) is 0 Å². The number of hydrogen-bond donors (Lipinski definition) is 2. The van der Waals surface area contributed by atoms with Gasteiger partial charge in [0.25, 0.3) is 0 Å². The van der Waals surface area contributed by atoms with Gasteiger partial charge in [-0.1, -0.05) is 13.8 Å². The number of carboxylic acids is 1. The highest BCUT2D eigenvalue weighted by molar-refractivity contribution is 5.78. The average Bonchev–Trinajstić information content (AvgIpc) is 2.46. The number of aliphatic hydroxyl groups excluding tert-OH is 1. The lowest BCUT2D eigenvalue weighted by Crippen LogP contribution is -2.35. The fourth-order valence-electron chi connectivity index (χ4n) is 1.95. The predicted molar refractivity (Wildman–Crippen MR) is 57.8 cm³/mol. The standard InChI is InChI=1S/C11H19NO4/c1-7(2)8-3-10(14)12(5-8)6-9(13)4-11(15)16/h7-9,13H,3-6H2,1-2H3,(H,15,16). The molecule has 16 heavy (non-hydrogen) atoms. The number of amides is 1. The summed E-state index contributed by atoms with van der Waals surface area (Å²) in [5, 5.41) is 17.9. The van der Waals surface area contributed by atoms with Crippen molar-refractivity contribution >= 4 is 11.9 Å². The number of carbonyl (C=O) groups is 2. The molecule has 1 saturated heterocycles. The molecule has 0 saturated carbocycles. The second kappa shape index (κ2) is 5.30. The van der Waals surface area contributed by atoms with Gasteiger partial charge in [-0.25, -0.2) is 0 Å². The summed E-state index contributed by atoms with van der Waals surface area (Å²) >= 11 is 0. The van der Waals surface area contributed by atoms with Crippen molar-refractivity contribution in [2.75, 3.05) is 13.1 Å². The molecule has 1 fully saturated rings. The Hall–Kier alpha value is -1.10. The van der Waals surface area contributed by atoms with E-state index in [0.717, 1.165) is 0 Å². The number of carboxylic acid groups (broad SMARTS) is 1. The van der Waals surface area contributed by atoms with E-state index in [2.05, 4.69) is 13.8 Å². The topological polar surface area (TPSA) is 77.8 Å². The van der Waals surface area contributed by atoms with Gasteiger partial charge in [-0.15, -0.1) is 0 Å². The molecule has 0 aromatic rings. The van der Waals surface area contributed by atoms with Crippen LogP contribution in [0, 0.1) is 11.8 Å². The van der Waals surface area contributed by atoms with Crippen LogP contribution < -0.4 is 0 Å². The van der Waals surface area contributed by atoms with Gasteiger partial charge in [-0.05, 0) is 11.8 Å². The molecule has 0 aromatic carbocycles. The molecule has 5 heteroatoms. The third-order valence-electron chi connectivity index (χ3n) is 3.03. The lowest BCUT2D eigenvalue weighted by atomic mass is 9.95. The Morgan fingerprint density at radius 1 is 1.56 bits per heavy atom. The van der Waals surface area contributed by atoms with E-state index in [1.807, 2.05) is 0 Å². The molecule has 5 nitrogen and oxygen atoms in total. The van der Waals surface area contributed by atoms with Crippen LogP contribution in [-0.2, 0) is 9.59 Å². The molecule has 0 bridgehead atoms. The van der Waals surface area contributed by atoms with E-state index < -0.39 is 12.1 Å². The SMILES string of the molecule is CC(C)C1CC(=O)N(CC(O)CC(=O)O)C1. The normalized spacial score (nSPS) is 22.9. The summed E-state index contributed by atoms with van der Waals surface area (Å²) in [5.41, 5.74) is 0. The van der Waals surface area contributed by atoms with Gasteiger partial charge in [0.2, 0.25) is 5.91 Å². The molecule has 1 aliphatic heterocycles. The van der Waals surface area contributed by atoms with E-state index in [4.69, 9.17) is 5.11 Å². The predicted octanol–water partition coefficient (Wildman–Crippen LogP) is 0.327. The molecule has 0 aliphatic carbocycles. The fraction of sp³-hybridized carbons (Fsp3) is 0.818. The number of hydrogen-bond acceptors (Lipinski definition) is 3. The monoisotopic (exact) mass is 229 g/mol. The number of carbonyl (C=O) groups excluding carboxylic acids is 1. The summed E-state index contributed by atoms with van der Waals surface area (Å²) in [6, 6.07) is 0. The highest BCUT2D eigenvalue weighted by Gasteiger charge is 2.32. The minimum atomic E-state index is -1.04. The molecule has 1 aliphatic rings. The first-order valence-electron chi connectivity index (χ1n) is 5.57. The van der Waals surface area contributed by atoms with Gasteiger partial charge in [0, 0.05) is 19.5 Å². The first-order valence-corrected chi connectivity index (χ1v) is 5.57. The summed E-state index contributed by atoms with van der Waals surface area (Å²) in [6.07, 6.45) is -0.763. The molecule has 2 N–H and O–H groups in total. The molecule has 0 radical (unpaired) electrons. The van der Waals surface area contributed by atoms with Crippen molar-refractivity contribution in [2.24, 2.45) is 11.8 Å². The largest absolute Gasteiger partial charge is 0.481 e. The zero-order valence-electron chi connectivity index (χ0n) is 9.72. The van der Waals surface area contributed by atoms with E-state index in [1.54, 1.807) is 4.90 Å². The fourth-order valence-corrected chi connectivity index (χ4v) is 1.95. The molecule has 2 atom stereocenters. The number of β-amino-alcohol motifs (C(OH)–C–C–N with tert-alkyl or cyclic N) is 1. The second-order valence-corrected chi connectivity index (χ2v) is 4.76. The van der Waals surface area contributed by atoms with Crippen molar-refractivity contribution in [1.29, 1.82) is 0 Å². The molecule has 1 heterocycles. The van der Waals surface area contributed by atoms with Gasteiger partial charge >= 0.3 is 5.97 Å². The summed E-state index contributed by atoms with van der Waals surface area (Å²) in [5.74, 6) is -0.266. The maximum atomic E-state index is 11.6. The zero-order chi connectivity index (χ0) is 12.3. The molecule has 0 aromatic heterocycles. The molecular weight excluding hydrogens is 210 g/mol. The van der Waals surface area contributed by atoms with E-state index in [0.29, 0.717) is 24.8 Å². The Bertz CT molecular complexity index is 277. The maximum Gasteiger partial charge on any atom is 0.306 e. The molecular formula is C11H19NO4. The van der Waals surface area contributed by atoms with Gasteiger partial charge in [0.05, 0.1) is 12.5 Å². The average molecular weight is 229 g/mol. The summed E-state index contributed by atoms with van der Waals surface area (Å²) in [4.78, 5) is 23.5. The number of rotatable bonds is 5. The smallest absolute Gasteiger partial charge is 0.306 e. The highest BCUT2D eigenvalue weighted by atomic mass is 16.4. The van der Waals surface area contributed by atoms with Crippen LogP contribution in [0.3, 0.4) is 0 Å². The van der Waals surface area contributed by atoms with Gasteiger partial charge in [0.1, 0.15) is 0 Å². The lowest BCUT2D eigenvalue weighted by molar-refractivity contribution is -0.140. The van der Waals surface area contributed by atoms with Crippen LogP contribution in [0.5, 0.6) is 0 Å². The Kier molecular flexibility index (Phi) is 4.29. The van der Waals surface area contributed by atoms with Gasteiger partial charge in [-0.3, -0.25) is 9.59 Å². The quantitative estimate of drug-likeness (QED) is 0.712. The van der Waals surface area contributed by atoms with Crippen molar-refractivity contribution in [3.05, 3.63) is 0 Å². The van der Waals surface area contributed by atoms with Crippen LogP contribution in [0.15, 0.2) is 0 Å². The minimum absolute atomic E-state index is 0.0168. The minimum Gasteiger partial charge on any atom is -0.481 e. The summed E-state index contributed by atoms with van der Waals surface area (Å²) in [7, 11) is 0. The van der Waals surface area contributed by atoms with Crippen molar-refractivity contribution in [1.82, 2.24) is 4.90 Å². The van der Waals surface area contributed by atoms with Crippen LogP contribution in [0.25, 0.3) is 0 Å². The summed E-state index contributed by atoms with van der Waals surface area (Å²) in [6.45, 7) is 4.89. The van der Waals surface area contributed by atoms with E-state index in [1.165, 1.54) is 0 Å². The van der Waals surface area contributed by atoms with E-state index in [-0.39, 0.29) is 18.9 Å². The third kappa shape index (κ3) is 3.48. The zero-order valence-corrected chi connectivity index (χ0v) is 9.72. The Labute approximate surface area is 95.1 Å². The van der Waals surface area contributed by atoms with Gasteiger partial charge < -0.3 is 15.1 Å². The Morgan fingerprint density at radius 2 is 2.19 bits per heavy atom. The van der Waals surface area contributed by atoms with Crippen molar-refractivity contribution in [2.45, 2.75) is 32.8 Å². The molecule has 92 valence electrons. The number of aliphatic carboxylic acids is 1. The van der Waals surface area contributed by atoms with Crippen LogP contribution in [0.1, 0.15) is 26.7 Å². The highest BCUT2D eigenvalue weighted by Crippen LogP contribution is 2.24. The van der Waals surface area contributed by atoms with Crippen LogP contribution >= 0.6 is 0 Å². The number of likely N-dealkylation sites (tertiary alicyclic amines) is 1. The molecule has 2 unspecified atom stereocenters. The van der Waals surface area contributed by atoms with Crippen molar-refractivity contribution in [3.63, 3.8) is 0 Å².